The second kappa shape index (κ2) is 7.35. The fourth-order valence-corrected chi connectivity index (χ4v) is 2.64. The molecule has 0 fully saturated rings. The number of hydrogen-bond donors (Lipinski definition) is 0. The van der Waals surface area contributed by atoms with Crippen LogP contribution in [-0.4, -0.2) is 23.6 Å². The lowest BCUT2D eigenvalue weighted by Crippen LogP contribution is -2.27. The third-order valence-corrected chi connectivity index (χ3v) is 3.99. The van der Waals surface area contributed by atoms with Gasteiger partial charge in [0.25, 0.3) is 0 Å². The van der Waals surface area contributed by atoms with Crippen LogP contribution in [0.1, 0.15) is 5.56 Å². The molecule has 2 aromatic rings. The number of nitrogens with zero attached hydrogens (tertiary/aromatic N) is 1. The third kappa shape index (κ3) is 4.53. The van der Waals surface area contributed by atoms with E-state index in [1.54, 1.807) is 19.2 Å². The number of rotatable bonds is 5. The minimum absolute atomic E-state index is 0.114. The van der Waals surface area contributed by atoms with Crippen LogP contribution in [0.25, 0.3) is 0 Å². The zero-order valence-corrected chi connectivity index (χ0v) is 12.7. The van der Waals surface area contributed by atoms with Crippen molar-refractivity contribution in [1.29, 1.82) is 0 Å². The van der Waals surface area contributed by atoms with Crippen LogP contribution in [0.5, 0.6) is 0 Å². The molecule has 2 aromatic carbocycles. The fourth-order valence-electron chi connectivity index (χ4n) is 1.77. The average molecular weight is 325 g/mol. The summed E-state index contributed by atoms with van der Waals surface area (Å²) in [6, 6.07) is 9.42. The van der Waals surface area contributed by atoms with Gasteiger partial charge in [-0.1, -0.05) is 12.1 Å². The molecule has 1 amide bonds. The molecule has 0 saturated carbocycles. The van der Waals surface area contributed by atoms with Crippen LogP contribution >= 0.6 is 11.8 Å². The Balaban J connectivity index is 1.88. The highest BCUT2D eigenvalue weighted by Gasteiger charge is 2.11. The number of amides is 1. The zero-order chi connectivity index (χ0) is 16.1. The van der Waals surface area contributed by atoms with Crippen molar-refractivity contribution in [3.8, 4) is 0 Å². The summed E-state index contributed by atoms with van der Waals surface area (Å²) < 4.78 is 38.7. The summed E-state index contributed by atoms with van der Waals surface area (Å²) in [4.78, 5) is 14.0. The predicted molar refractivity (Wildman–Crippen MR) is 80.0 cm³/mol. The summed E-state index contributed by atoms with van der Waals surface area (Å²) in [5.74, 6) is -2.21. The summed E-state index contributed by atoms with van der Waals surface area (Å²) in [5.41, 5.74) is 0.815. The molecule has 116 valence electrons. The van der Waals surface area contributed by atoms with Crippen molar-refractivity contribution < 1.29 is 18.0 Å². The molecule has 0 atom stereocenters. The first-order chi connectivity index (χ1) is 10.5. The van der Waals surface area contributed by atoms with E-state index in [1.807, 2.05) is 0 Å². The number of halogens is 3. The standard InChI is InChI=1S/C16H14F3NOS/c1-20(9-11-2-4-12(17)5-3-11)16(21)10-22-13-6-7-14(18)15(19)8-13/h2-8H,9-10H2,1H3. The van der Waals surface area contributed by atoms with Crippen LogP contribution in [-0.2, 0) is 11.3 Å². The van der Waals surface area contributed by atoms with Gasteiger partial charge in [0.2, 0.25) is 5.91 Å². The van der Waals surface area contributed by atoms with Crippen molar-refractivity contribution in [2.24, 2.45) is 0 Å². The monoisotopic (exact) mass is 325 g/mol. The lowest BCUT2D eigenvalue weighted by Gasteiger charge is -2.17. The minimum Gasteiger partial charge on any atom is -0.341 e. The van der Waals surface area contributed by atoms with Crippen LogP contribution in [0.2, 0.25) is 0 Å². The molecule has 0 spiro atoms. The van der Waals surface area contributed by atoms with Gasteiger partial charge in [0.15, 0.2) is 11.6 Å². The van der Waals surface area contributed by atoms with E-state index in [0.29, 0.717) is 11.4 Å². The van der Waals surface area contributed by atoms with Crippen LogP contribution in [0.3, 0.4) is 0 Å². The molecular formula is C16H14F3NOS. The van der Waals surface area contributed by atoms with Gasteiger partial charge >= 0.3 is 0 Å². The van der Waals surface area contributed by atoms with Gasteiger partial charge in [0.05, 0.1) is 5.75 Å². The van der Waals surface area contributed by atoms with Crippen molar-refractivity contribution in [2.75, 3.05) is 12.8 Å². The molecule has 22 heavy (non-hydrogen) atoms. The molecule has 0 radical (unpaired) electrons. The Kier molecular flexibility index (Phi) is 5.49. The maximum atomic E-state index is 13.1. The smallest absolute Gasteiger partial charge is 0.232 e. The van der Waals surface area contributed by atoms with Crippen molar-refractivity contribution in [3.05, 3.63) is 65.5 Å². The van der Waals surface area contributed by atoms with E-state index < -0.39 is 11.6 Å². The molecule has 2 nitrogen and oxygen atoms in total. The second-order valence-electron chi connectivity index (χ2n) is 4.74. The maximum absolute atomic E-state index is 13.1. The zero-order valence-electron chi connectivity index (χ0n) is 11.9. The highest BCUT2D eigenvalue weighted by Crippen LogP contribution is 2.21. The number of carbonyl (C=O) groups excluding carboxylic acids is 1. The van der Waals surface area contributed by atoms with E-state index in [1.165, 1.54) is 23.1 Å². The first kappa shape index (κ1) is 16.4. The Bertz CT molecular complexity index is 661. The van der Waals surface area contributed by atoms with Gasteiger partial charge in [-0.15, -0.1) is 11.8 Å². The summed E-state index contributed by atoms with van der Waals surface area (Å²) in [5, 5.41) is 0. The molecule has 0 aromatic heterocycles. The van der Waals surface area contributed by atoms with Crippen molar-refractivity contribution in [1.82, 2.24) is 4.90 Å². The highest BCUT2D eigenvalue weighted by molar-refractivity contribution is 8.00. The SMILES string of the molecule is CN(Cc1ccc(F)cc1)C(=O)CSc1ccc(F)c(F)c1. The first-order valence-electron chi connectivity index (χ1n) is 6.52. The summed E-state index contributed by atoms with van der Waals surface area (Å²) in [7, 11) is 1.64. The second-order valence-corrected chi connectivity index (χ2v) is 5.79. The molecule has 6 heteroatoms. The molecule has 0 N–H and O–H groups in total. The molecule has 0 heterocycles. The van der Waals surface area contributed by atoms with E-state index in [2.05, 4.69) is 0 Å². The molecule has 0 aliphatic carbocycles. The van der Waals surface area contributed by atoms with Crippen molar-refractivity contribution in [3.63, 3.8) is 0 Å². The molecule has 0 saturated heterocycles. The average Bonchev–Trinajstić information content (AvgIpc) is 2.50. The van der Waals surface area contributed by atoms with Gasteiger partial charge in [0.1, 0.15) is 5.82 Å². The van der Waals surface area contributed by atoms with Crippen LogP contribution in [0.15, 0.2) is 47.4 Å². The summed E-state index contributed by atoms with van der Waals surface area (Å²) in [6.45, 7) is 0.359. The molecule has 0 aliphatic rings. The minimum atomic E-state index is -0.933. The van der Waals surface area contributed by atoms with Gasteiger partial charge < -0.3 is 4.90 Å². The normalized spacial score (nSPS) is 10.5. The van der Waals surface area contributed by atoms with Gasteiger partial charge in [-0.05, 0) is 35.9 Å². The number of thioether (sulfide) groups is 1. The number of carbonyl (C=O) groups is 1. The van der Waals surface area contributed by atoms with Gasteiger partial charge in [-0.25, -0.2) is 13.2 Å². The largest absolute Gasteiger partial charge is 0.341 e. The van der Waals surface area contributed by atoms with Gasteiger partial charge in [-0.2, -0.15) is 0 Å². The van der Waals surface area contributed by atoms with Crippen LogP contribution in [0.4, 0.5) is 13.2 Å². The van der Waals surface area contributed by atoms with Crippen LogP contribution in [0, 0.1) is 17.5 Å². The van der Waals surface area contributed by atoms with E-state index in [-0.39, 0.29) is 17.5 Å². The maximum Gasteiger partial charge on any atom is 0.232 e. The number of hydrogen-bond acceptors (Lipinski definition) is 2. The van der Waals surface area contributed by atoms with Gasteiger partial charge in [0, 0.05) is 18.5 Å². The first-order valence-corrected chi connectivity index (χ1v) is 7.50. The third-order valence-electron chi connectivity index (χ3n) is 3.01. The molecule has 2 rings (SSSR count). The van der Waals surface area contributed by atoms with Crippen molar-refractivity contribution >= 4 is 17.7 Å². The summed E-state index contributed by atoms with van der Waals surface area (Å²) >= 11 is 1.13. The molecule has 0 bridgehead atoms. The van der Waals surface area contributed by atoms with Crippen LogP contribution < -0.4 is 0 Å². The van der Waals surface area contributed by atoms with Crippen molar-refractivity contribution in [2.45, 2.75) is 11.4 Å². The predicted octanol–water partition coefficient (Wildman–Crippen LogP) is 3.85. The highest BCUT2D eigenvalue weighted by atomic mass is 32.2. The topological polar surface area (TPSA) is 20.3 Å². The Morgan fingerprint density at radius 3 is 2.36 bits per heavy atom. The Hall–Kier alpha value is -1.95. The van der Waals surface area contributed by atoms with E-state index in [9.17, 15) is 18.0 Å². The summed E-state index contributed by atoms with van der Waals surface area (Å²) in [6.07, 6.45) is 0. The lowest BCUT2D eigenvalue weighted by atomic mass is 10.2. The lowest BCUT2D eigenvalue weighted by molar-refractivity contribution is -0.127. The number of benzene rings is 2. The molecule has 0 aliphatic heterocycles. The van der Waals surface area contributed by atoms with E-state index >= 15 is 0 Å². The Morgan fingerprint density at radius 2 is 1.73 bits per heavy atom. The van der Waals surface area contributed by atoms with E-state index in [4.69, 9.17) is 0 Å². The molecule has 0 unspecified atom stereocenters. The van der Waals surface area contributed by atoms with Gasteiger partial charge in [-0.3, -0.25) is 4.79 Å². The van der Waals surface area contributed by atoms with E-state index in [0.717, 1.165) is 29.5 Å². The Labute approximate surface area is 130 Å². The quantitative estimate of drug-likeness (QED) is 0.778. The fraction of sp³-hybridized carbons (Fsp3) is 0.188. The molecular weight excluding hydrogens is 311 g/mol. The Morgan fingerprint density at radius 1 is 1.05 bits per heavy atom.